The van der Waals surface area contributed by atoms with E-state index in [0.29, 0.717) is 45.4 Å². The number of thioether (sulfide) groups is 1. The molecule has 188 valence electrons. The number of nitrogens with zero attached hydrogens (tertiary/aromatic N) is 3. The second-order valence-electron chi connectivity index (χ2n) is 8.65. The molecule has 0 amide bonds. The van der Waals surface area contributed by atoms with Gasteiger partial charge in [0.05, 0.1) is 0 Å². The molecule has 37 heavy (non-hydrogen) atoms. The summed E-state index contributed by atoms with van der Waals surface area (Å²) in [6, 6.07) is 21.3. The molecule has 0 radical (unpaired) electrons. The van der Waals surface area contributed by atoms with Crippen molar-refractivity contribution in [3.05, 3.63) is 112 Å². The highest BCUT2D eigenvalue weighted by molar-refractivity contribution is 7.98. The van der Waals surface area contributed by atoms with Gasteiger partial charge in [0, 0.05) is 22.0 Å². The number of carbonyl (C=O) groups is 1. The molecule has 0 bridgehead atoms. The Balaban J connectivity index is 1.38. The summed E-state index contributed by atoms with van der Waals surface area (Å²) in [5.41, 5.74) is 3.81. The zero-order chi connectivity index (χ0) is 25.9. The lowest BCUT2D eigenvalue weighted by Crippen LogP contribution is -2.27. The smallest absolute Gasteiger partial charge is 0.227 e. The zero-order valence-electron chi connectivity index (χ0n) is 20.2. The number of Topliss-reactive ketones (excluding diaryl/α,β-unsaturated/α-hetero) is 1. The molecule has 1 aliphatic heterocycles. The quantitative estimate of drug-likeness (QED) is 0.250. The molecule has 6 nitrogen and oxygen atoms in total. The number of fused-ring (bicyclic) bond motifs is 1. The van der Waals surface area contributed by atoms with E-state index >= 15 is 0 Å². The fraction of sp³-hybridized carbons (Fsp3) is 0.179. The van der Waals surface area contributed by atoms with Gasteiger partial charge in [-0.15, -0.1) is 5.10 Å². The molecule has 0 aliphatic carbocycles. The van der Waals surface area contributed by atoms with Gasteiger partial charge in [0.1, 0.15) is 24.2 Å². The summed E-state index contributed by atoms with van der Waals surface area (Å²) in [5.74, 6) is 1.32. The Morgan fingerprint density at radius 2 is 1.84 bits per heavy atom. The lowest BCUT2D eigenvalue weighted by molar-refractivity contribution is -0.114. The summed E-state index contributed by atoms with van der Waals surface area (Å²) in [5, 5.41) is 9.06. The molecule has 1 unspecified atom stereocenters. The summed E-state index contributed by atoms with van der Waals surface area (Å²) in [4.78, 5) is 17.3. The molecule has 5 rings (SSSR count). The highest BCUT2D eigenvalue weighted by atomic mass is 35.5. The lowest BCUT2D eigenvalue weighted by atomic mass is 9.93. The van der Waals surface area contributed by atoms with Gasteiger partial charge in [-0.1, -0.05) is 65.8 Å². The Morgan fingerprint density at radius 1 is 1.11 bits per heavy atom. The topological polar surface area (TPSA) is 69.0 Å². The standard InChI is InChI=1S/C28H24ClFN4O2S/c1-17-25(18(2)35)26(20-9-13-23(14-10-20)36-15-19-7-11-22(29)12-8-19)34-27(31-17)32-28(33-34)37-16-21-5-3-4-6-24(21)30/h3-14,26H,15-16H2,1-2H3,(H,31,32,33). The Labute approximate surface area is 223 Å². The first-order valence-corrected chi connectivity index (χ1v) is 13.0. The first-order valence-electron chi connectivity index (χ1n) is 11.7. The maximum absolute atomic E-state index is 14.1. The Kier molecular flexibility index (Phi) is 7.30. The van der Waals surface area contributed by atoms with E-state index in [1.807, 2.05) is 55.5 Å². The van der Waals surface area contributed by atoms with E-state index in [0.717, 1.165) is 16.8 Å². The van der Waals surface area contributed by atoms with Crippen molar-refractivity contribution in [2.75, 3.05) is 5.32 Å². The SMILES string of the molecule is CC(=O)C1=C(C)Nc2nc(SCc3ccccc3F)nn2C1c1ccc(OCc2ccc(Cl)cc2)cc1. The number of ketones is 1. The molecular weight excluding hydrogens is 511 g/mol. The van der Waals surface area contributed by atoms with Gasteiger partial charge >= 0.3 is 0 Å². The van der Waals surface area contributed by atoms with Gasteiger partial charge in [-0.25, -0.2) is 9.07 Å². The predicted molar refractivity (Wildman–Crippen MR) is 143 cm³/mol. The summed E-state index contributed by atoms with van der Waals surface area (Å²) in [7, 11) is 0. The zero-order valence-corrected chi connectivity index (χ0v) is 21.8. The third kappa shape index (κ3) is 5.55. The van der Waals surface area contributed by atoms with E-state index in [9.17, 15) is 9.18 Å². The van der Waals surface area contributed by atoms with Crippen molar-refractivity contribution < 1.29 is 13.9 Å². The van der Waals surface area contributed by atoms with Crippen LogP contribution in [0.3, 0.4) is 0 Å². The van der Waals surface area contributed by atoms with E-state index in [-0.39, 0.29) is 11.6 Å². The molecule has 1 aromatic heterocycles. The summed E-state index contributed by atoms with van der Waals surface area (Å²) in [6.45, 7) is 3.82. The Hall–Kier alpha value is -3.62. The average Bonchev–Trinajstić information content (AvgIpc) is 3.29. The molecule has 0 fully saturated rings. The van der Waals surface area contributed by atoms with Gasteiger partial charge in [0.2, 0.25) is 11.1 Å². The van der Waals surface area contributed by atoms with Crippen molar-refractivity contribution in [3.63, 3.8) is 0 Å². The van der Waals surface area contributed by atoms with Crippen molar-refractivity contribution in [1.29, 1.82) is 0 Å². The molecular formula is C28H24ClFN4O2S. The van der Waals surface area contributed by atoms with Crippen molar-refractivity contribution in [3.8, 4) is 5.75 Å². The second kappa shape index (κ2) is 10.8. The molecule has 2 heterocycles. The second-order valence-corrected chi connectivity index (χ2v) is 10.0. The number of hydrogen-bond donors (Lipinski definition) is 1. The van der Waals surface area contributed by atoms with Crippen LogP contribution in [-0.4, -0.2) is 20.5 Å². The van der Waals surface area contributed by atoms with Gasteiger partial charge in [-0.2, -0.15) is 4.98 Å². The van der Waals surface area contributed by atoms with Crippen LogP contribution in [0.1, 0.15) is 36.6 Å². The normalized spacial score (nSPS) is 14.8. The van der Waals surface area contributed by atoms with Crippen LogP contribution in [0.5, 0.6) is 5.75 Å². The molecule has 1 N–H and O–H groups in total. The van der Waals surface area contributed by atoms with Gasteiger partial charge in [0.15, 0.2) is 5.78 Å². The number of ether oxygens (including phenoxy) is 1. The van der Waals surface area contributed by atoms with Crippen LogP contribution in [0.4, 0.5) is 10.3 Å². The number of carbonyl (C=O) groups excluding carboxylic acids is 1. The van der Waals surface area contributed by atoms with Crippen LogP contribution < -0.4 is 10.1 Å². The van der Waals surface area contributed by atoms with Gasteiger partial charge in [0.25, 0.3) is 0 Å². The van der Waals surface area contributed by atoms with Crippen molar-refractivity contribution in [2.45, 2.75) is 37.4 Å². The van der Waals surface area contributed by atoms with Crippen molar-refractivity contribution in [1.82, 2.24) is 14.8 Å². The van der Waals surface area contributed by atoms with E-state index in [1.54, 1.807) is 29.8 Å². The first kappa shape index (κ1) is 25.0. The highest BCUT2D eigenvalue weighted by Gasteiger charge is 2.32. The minimum Gasteiger partial charge on any atom is -0.489 e. The summed E-state index contributed by atoms with van der Waals surface area (Å²) >= 11 is 7.30. The number of benzene rings is 3. The highest BCUT2D eigenvalue weighted by Crippen LogP contribution is 2.37. The third-order valence-corrected chi connectivity index (χ3v) is 7.18. The van der Waals surface area contributed by atoms with Crippen LogP contribution in [0, 0.1) is 5.82 Å². The molecule has 0 saturated heterocycles. The Morgan fingerprint density at radius 3 is 2.54 bits per heavy atom. The van der Waals surface area contributed by atoms with Crippen LogP contribution >= 0.6 is 23.4 Å². The number of rotatable bonds is 8. The first-order chi connectivity index (χ1) is 17.9. The molecule has 0 saturated carbocycles. The third-order valence-electron chi connectivity index (χ3n) is 6.04. The fourth-order valence-electron chi connectivity index (χ4n) is 4.21. The van der Waals surface area contributed by atoms with Crippen LogP contribution in [-0.2, 0) is 17.2 Å². The van der Waals surface area contributed by atoms with Crippen LogP contribution in [0.2, 0.25) is 5.02 Å². The minimum absolute atomic E-state index is 0.0558. The van der Waals surface area contributed by atoms with Gasteiger partial charge in [-0.3, -0.25) is 4.79 Å². The Bertz CT molecular complexity index is 1470. The van der Waals surface area contributed by atoms with E-state index in [1.165, 1.54) is 17.8 Å². The fourth-order valence-corrected chi connectivity index (χ4v) is 5.15. The van der Waals surface area contributed by atoms with Crippen molar-refractivity contribution >= 4 is 35.1 Å². The van der Waals surface area contributed by atoms with Gasteiger partial charge in [-0.05, 0) is 60.9 Å². The predicted octanol–water partition coefficient (Wildman–Crippen LogP) is 6.82. The molecule has 1 aliphatic rings. The van der Waals surface area contributed by atoms with Crippen LogP contribution in [0.15, 0.2) is 89.2 Å². The van der Waals surface area contributed by atoms with E-state index < -0.39 is 6.04 Å². The van der Waals surface area contributed by atoms with Gasteiger partial charge < -0.3 is 10.1 Å². The molecule has 4 aromatic rings. The summed E-state index contributed by atoms with van der Waals surface area (Å²) < 4.78 is 21.7. The molecule has 9 heteroatoms. The van der Waals surface area contributed by atoms with Crippen molar-refractivity contribution in [2.24, 2.45) is 0 Å². The van der Waals surface area contributed by atoms with E-state index in [4.69, 9.17) is 16.3 Å². The maximum Gasteiger partial charge on any atom is 0.227 e. The molecule has 0 spiro atoms. The average molecular weight is 535 g/mol. The lowest BCUT2D eigenvalue weighted by Gasteiger charge is -2.28. The molecule has 3 aromatic carbocycles. The van der Waals surface area contributed by atoms with E-state index in [2.05, 4.69) is 15.4 Å². The number of anilines is 1. The largest absolute Gasteiger partial charge is 0.489 e. The summed E-state index contributed by atoms with van der Waals surface area (Å²) in [6.07, 6.45) is 0. The number of nitrogens with one attached hydrogen (secondary N) is 1. The number of aromatic nitrogens is 3. The minimum atomic E-state index is -0.450. The monoisotopic (exact) mass is 534 g/mol. The number of halogens is 2. The number of allylic oxidation sites excluding steroid dienone is 2. The maximum atomic E-state index is 14.1. The molecule has 1 atom stereocenters. The number of hydrogen-bond acceptors (Lipinski definition) is 6. The van der Waals surface area contributed by atoms with Crippen LogP contribution in [0.25, 0.3) is 0 Å².